The van der Waals surface area contributed by atoms with E-state index in [9.17, 15) is 18.0 Å². The molecule has 2 aromatic carbocycles. The van der Waals surface area contributed by atoms with Gasteiger partial charge in [0.25, 0.3) is 5.91 Å². The molecule has 0 aliphatic rings. The Hall–Kier alpha value is -2.61. The van der Waals surface area contributed by atoms with E-state index in [4.69, 9.17) is 0 Å². The van der Waals surface area contributed by atoms with Crippen molar-refractivity contribution < 1.29 is 22.7 Å². The molecule has 0 aliphatic heterocycles. The highest BCUT2D eigenvalue weighted by Gasteiger charge is 2.28. The lowest BCUT2D eigenvalue weighted by Crippen LogP contribution is -2.22. The van der Waals surface area contributed by atoms with Gasteiger partial charge in [-0.15, -0.1) is 11.3 Å². The molecule has 0 unspecified atom stereocenters. The van der Waals surface area contributed by atoms with Gasteiger partial charge in [-0.1, -0.05) is 12.1 Å². The Kier molecular flexibility index (Phi) is 4.89. The fourth-order valence-electron chi connectivity index (χ4n) is 2.15. The number of aromatic nitrogens is 1. The molecule has 0 fully saturated rings. The zero-order valence-electron chi connectivity index (χ0n) is 12.8. The van der Waals surface area contributed by atoms with Gasteiger partial charge in [-0.25, -0.2) is 4.98 Å². The van der Waals surface area contributed by atoms with Crippen LogP contribution in [-0.4, -0.2) is 23.7 Å². The number of ether oxygens (including phenoxy) is 1. The predicted molar refractivity (Wildman–Crippen MR) is 88.8 cm³/mol. The molecule has 0 radical (unpaired) electrons. The summed E-state index contributed by atoms with van der Waals surface area (Å²) in [5.74, 6) is -0.101. The number of benzene rings is 2. The molecule has 0 atom stereocenters. The van der Waals surface area contributed by atoms with Crippen molar-refractivity contribution in [2.24, 2.45) is 0 Å². The van der Waals surface area contributed by atoms with Crippen LogP contribution in [0.4, 0.5) is 13.2 Å². The van der Waals surface area contributed by atoms with Gasteiger partial charge in [0.2, 0.25) is 0 Å². The standard InChI is InChI=1S/C17H13F3N2O2S/c18-17(19,20)9-24-13-4-1-11(2-5-13)8-21-16(23)12-3-6-14-15(7-12)25-10-22-14/h1-7,10H,8-9H2,(H,21,23). The van der Waals surface area contributed by atoms with Crippen LogP contribution in [0.5, 0.6) is 5.75 Å². The second-order valence-corrected chi connectivity index (χ2v) is 6.15. The van der Waals surface area contributed by atoms with Crippen molar-refractivity contribution in [3.8, 4) is 5.75 Å². The van der Waals surface area contributed by atoms with Crippen molar-refractivity contribution in [3.05, 3.63) is 59.1 Å². The van der Waals surface area contributed by atoms with E-state index < -0.39 is 12.8 Å². The lowest BCUT2D eigenvalue weighted by molar-refractivity contribution is -0.153. The van der Waals surface area contributed by atoms with Gasteiger partial charge < -0.3 is 10.1 Å². The van der Waals surface area contributed by atoms with Gasteiger partial charge >= 0.3 is 6.18 Å². The highest BCUT2D eigenvalue weighted by molar-refractivity contribution is 7.16. The number of amides is 1. The van der Waals surface area contributed by atoms with Crippen LogP contribution >= 0.6 is 11.3 Å². The van der Waals surface area contributed by atoms with E-state index >= 15 is 0 Å². The van der Waals surface area contributed by atoms with Crippen LogP contribution in [0, 0.1) is 0 Å². The first-order valence-electron chi connectivity index (χ1n) is 7.31. The minimum atomic E-state index is -4.37. The average molecular weight is 366 g/mol. The Morgan fingerprint density at radius 2 is 1.92 bits per heavy atom. The van der Waals surface area contributed by atoms with Crippen molar-refractivity contribution in [2.45, 2.75) is 12.7 Å². The number of carbonyl (C=O) groups excluding carboxylic acids is 1. The fraction of sp³-hybridized carbons (Fsp3) is 0.176. The first-order chi connectivity index (χ1) is 11.9. The zero-order chi connectivity index (χ0) is 17.9. The van der Waals surface area contributed by atoms with Crippen molar-refractivity contribution in [1.82, 2.24) is 10.3 Å². The quantitative estimate of drug-likeness (QED) is 0.737. The van der Waals surface area contributed by atoms with E-state index in [-0.39, 0.29) is 18.2 Å². The molecule has 1 heterocycles. The summed E-state index contributed by atoms with van der Waals surface area (Å²) in [6.07, 6.45) is -4.37. The van der Waals surface area contributed by atoms with Crippen LogP contribution < -0.4 is 10.1 Å². The molecule has 0 bridgehead atoms. The molecule has 0 saturated carbocycles. The molecule has 0 spiro atoms. The van der Waals surface area contributed by atoms with Crippen molar-refractivity contribution in [1.29, 1.82) is 0 Å². The molecular weight excluding hydrogens is 353 g/mol. The summed E-state index contributed by atoms with van der Waals surface area (Å²) in [7, 11) is 0. The maximum absolute atomic E-state index is 12.2. The summed E-state index contributed by atoms with van der Waals surface area (Å²) < 4.78 is 41.8. The third-order valence-corrected chi connectivity index (χ3v) is 4.16. The van der Waals surface area contributed by atoms with Gasteiger partial charge in [-0.05, 0) is 35.9 Å². The third-order valence-electron chi connectivity index (χ3n) is 3.37. The van der Waals surface area contributed by atoms with Crippen molar-refractivity contribution >= 4 is 27.5 Å². The van der Waals surface area contributed by atoms with E-state index in [1.54, 1.807) is 35.8 Å². The van der Waals surface area contributed by atoms with Gasteiger partial charge in [0.05, 0.1) is 15.7 Å². The first kappa shape index (κ1) is 17.2. The number of halogens is 3. The Morgan fingerprint density at radius 3 is 2.64 bits per heavy atom. The summed E-state index contributed by atoms with van der Waals surface area (Å²) in [5, 5.41) is 2.77. The number of carbonyl (C=O) groups is 1. The zero-order valence-corrected chi connectivity index (χ0v) is 13.7. The number of rotatable bonds is 5. The largest absolute Gasteiger partial charge is 0.484 e. The molecule has 1 amide bonds. The van der Waals surface area contributed by atoms with Gasteiger partial charge in [-0.3, -0.25) is 4.79 Å². The Bertz CT molecular complexity index is 875. The number of thiazole rings is 1. The number of alkyl halides is 3. The highest BCUT2D eigenvalue weighted by Crippen LogP contribution is 2.20. The molecule has 0 aliphatic carbocycles. The number of hydrogen-bond donors (Lipinski definition) is 1. The molecular formula is C17H13F3N2O2S. The molecule has 3 aromatic rings. The average Bonchev–Trinajstić information content (AvgIpc) is 3.05. The van der Waals surface area contributed by atoms with Gasteiger partial charge in [-0.2, -0.15) is 13.2 Å². The van der Waals surface area contributed by atoms with Crippen LogP contribution in [0.3, 0.4) is 0 Å². The minimum Gasteiger partial charge on any atom is -0.484 e. The van der Waals surface area contributed by atoms with E-state index in [2.05, 4.69) is 15.0 Å². The smallest absolute Gasteiger partial charge is 0.422 e. The Morgan fingerprint density at radius 1 is 1.16 bits per heavy atom. The van der Waals surface area contributed by atoms with Crippen LogP contribution in [0.2, 0.25) is 0 Å². The van der Waals surface area contributed by atoms with Crippen LogP contribution in [0.1, 0.15) is 15.9 Å². The van der Waals surface area contributed by atoms with E-state index in [0.29, 0.717) is 5.56 Å². The number of fused-ring (bicyclic) bond motifs is 1. The third kappa shape index (κ3) is 4.69. The van der Waals surface area contributed by atoms with Gasteiger partial charge in [0.1, 0.15) is 5.75 Å². The Balaban J connectivity index is 1.56. The molecule has 25 heavy (non-hydrogen) atoms. The molecule has 1 aromatic heterocycles. The van der Waals surface area contributed by atoms with E-state index in [1.807, 2.05) is 0 Å². The van der Waals surface area contributed by atoms with Gasteiger partial charge in [0.15, 0.2) is 6.61 Å². The maximum atomic E-state index is 12.2. The molecule has 0 saturated heterocycles. The minimum absolute atomic E-state index is 0.128. The fourth-order valence-corrected chi connectivity index (χ4v) is 2.87. The first-order valence-corrected chi connectivity index (χ1v) is 8.19. The monoisotopic (exact) mass is 366 g/mol. The number of nitrogens with one attached hydrogen (secondary N) is 1. The SMILES string of the molecule is O=C(NCc1ccc(OCC(F)(F)F)cc1)c1ccc2ncsc2c1. The summed E-state index contributed by atoms with van der Waals surface area (Å²) in [4.78, 5) is 16.3. The summed E-state index contributed by atoms with van der Waals surface area (Å²) >= 11 is 1.46. The van der Waals surface area contributed by atoms with Crippen LogP contribution in [0.15, 0.2) is 48.0 Å². The lowest BCUT2D eigenvalue weighted by Gasteiger charge is -2.10. The topological polar surface area (TPSA) is 51.2 Å². The van der Waals surface area contributed by atoms with Gasteiger partial charge in [0, 0.05) is 12.1 Å². The lowest BCUT2D eigenvalue weighted by atomic mass is 10.2. The second-order valence-electron chi connectivity index (χ2n) is 5.27. The van der Waals surface area contributed by atoms with Crippen LogP contribution in [-0.2, 0) is 6.54 Å². The predicted octanol–water partition coefficient (Wildman–Crippen LogP) is 4.17. The van der Waals surface area contributed by atoms with Crippen molar-refractivity contribution in [3.63, 3.8) is 0 Å². The highest BCUT2D eigenvalue weighted by atomic mass is 32.1. The van der Waals surface area contributed by atoms with Crippen molar-refractivity contribution in [2.75, 3.05) is 6.61 Å². The van der Waals surface area contributed by atoms with Crippen LogP contribution in [0.25, 0.3) is 10.2 Å². The summed E-state index contributed by atoms with van der Waals surface area (Å²) in [5.41, 5.74) is 3.85. The molecule has 3 rings (SSSR count). The normalized spacial score (nSPS) is 11.5. The van der Waals surface area contributed by atoms with E-state index in [0.717, 1.165) is 15.8 Å². The number of hydrogen-bond acceptors (Lipinski definition) is 4. The second kappa shape index (κ2) is 7.10. The molecule has 1 N–H and O–H groups in total. The maximum Gasteiger partial charge on any atom is 0.422 e. The summed E-state index contributed by atoms with van der Waals surface area (Å²) in [6, 6.07) is 11.4. The van der Waals surface area contributed by atoms with E-state index in [1.165, 1.54) is 23.5 Å². The number of nitrogens with zero attached hydrogens (tertiary/aromatic N) is 1. The molecule has 130 valence electrons. The molecule has 8 heteroatoms. The molecule has 4 nitrogen and oxygen atoms in total. The summed E-state index contributed by atoms with van der Waals surface area (Å²) in [6.45, 7) is -1.07. The Labute approximate surface area is 145 Å².